The van der Waals surface area contributed by atoms with Crippen molar-refractivity contribution in [3.8, 4) is 0 Å². The van der Waals surface area contributed by atoms with Gasteiger partial charge in [0.15, 0.2) is 4.21 Å². The Kier molecular flexibility index (Phi) is 4.19. The molecule has 0 saturated carbocycles. The Balaban J connectivity index is 2.33. The van der Waals surface area contributed by atoms with Gasteiger partial charge in [-0.1, -0.05) is 29.8 Å². The number of hydrogen-bond donors (Lipinski definition) is 1. The number of allylic oxidation sites excluding steroid dienone is 1. The molecule has 0 spiro atoms. The Labute approximate surface area is 121 Å². The largest absolute Gasteiger partial charge is 0.383 e. The first-order chi connectivity index (χ1) is 8.87. The number of benzene rings is 1. The SMILES string of the molecule is Cc1ccc(S(=O)[C@](C)(Cl)[C@@]2(O)C=CCCC2)cc1. The molecule has 0 aliphatic heterocycles. The van der Waals surface area contributed by atoms with Crippen LogP contribution in [0.1, 0.15) is 31.7 Å². The van der Waals surface area contributed by atoms with Crippen LogP contribution in [0.4, 0.5) is 0 Å². The smallest absolute Gasteiger partial charge is 0.153 e. The third-order valence-electron chi connectivity index (χ3n) is 3.68. The third-order valence-corrected chi connectivity index (χ3v) is 6.18. The molecule has 1 aromatic rings. The lowest BCUT2D eigenvalue weighted by molar-refractivity contribution is 0.0630. The number of rotatable bonds is 3. The van der Waals surface area contributed by atoms with Crippen LogP contribution >= 0.6 is 11.6 Å². The minimum Gasteiger partial charge on any atom is -0.383 e. The van der Waals surface area contributed by atoms with E-state index in [9.17, 15) is 9.32 Å². The van der Waals surface area contributed by atoms with Crippen LogP contribution in [-0.2, 0) is 10.8 Å². The Bertz CT molecular complexity index is 507. The lowest BCUT2D eigenvalue weighted by atomic mass is 9.88. The van der Waals surface area contributed by atoms with Gasteiger partial charge in [0, 0.05) is 4.90 Å². The van der Waals surface area contributed by atoms with E-state index in [0.717, 1.165) is 18.4 Å². The highest BCUT2D eigenvalue weighted by Crippen LogP contribution is 2.41. The summed E-state index contributed by atoms with van der Waals surface area (Å²) in [4.78, 5) is 0.649. The second-order valence-corrected chi connectivity index (χ2v) is 8.02. The molecule has 1 aromatic carbocycles. The number of aryl methyl sites for hydroxylation is 1. The zero-order valence-corrected chi connectivity index (χ0v) is 12.8. The van der Waals surface area contributed by atoms with Crippen LogP contribution in [0.3, 0.4) is 0 Å². The first-order valence-corrected chi connectivity index (χ1v) is 7.97. The fourth-order valence-electron chi connectivity index (χ4n) is 2.27. The number of aliphatic hydroxyl groups is 1. The van der Waals surface area contributed by atoms with Crippen LogP contribution in [0.2, 0.25) is 0 Å². The molecule has 2 nitrogen and oxygen atoms in total. The molecule has 1 unspecified atom stereocenters. The molecule has 0 fully saturated rings. The molecule has 0 amide bonds. The average Bonchev–Trinajstić information content (AvgIpc) is 2.39. The summed E-state index contributed by atoms with van der Waals surface area (Å²) < 4.78 is 11.4. The van der Waals surface area contributed by atoms with Gasteiger partial charge in [0.05, 0.1) is 10.8 Å². The Hall–Kier alpha value is -0.640. The highest BCUT2D eigenvalue weighted by molar-refractivity contribution is 7.88. The van der Waals surface area contributed by atoms with Crippen molar-refractivity contribution in [3.63, 3.8) is 0 Å². The quantitative estimate of drug-likeness (QED) is 0.685. The standard InChI is InChI=1S/C15H19ClO2S/c1-12-6-8-13(9-7-12)19(18)14(2,16)15(17)10-4-3-5-11-15/h4,6-10,17H,3,5,11H2,1-2H3/t14-,15+,19?/m0/s1. The maximum absolute atomic E-state index is 12.7. The minimum absolute atomic E-state index is 0.543. The molecule has 0 aromatic heterocycles. The zero-order chi connectivity index (χ0) is 14.1. The number of halogens is 1. The van der Waals surface area contributed by atoms with Crippen molar-refractivity contribution in [2.45, 2.75) is 47.8 Å². The first-order valence-electron chi connectivity index (χ1n) is 6.44. The van der Waals surface area contributed by atoms with Crippen LogP contribution in [0.15, 0.2) is 41.3 Å². The summed E-state index contributed by atoms with van der Waals surface area (Å²) in [7, 11) is -1.47. The van der Waals surface area contributed by atoms with Gasteiger partial charge in [0.25, 0.3) is 0 Å². The van der Waals surface area contributed by atoms with E-state index in [2.05, 4.69) is 0 Å². The molecule has 19 heavy (non-hydrogen) atoms. The summed E-state index contributed by atoms with van der Waals surface area (Å²) in [6.07, 6.45) is 5.96. The second kappa shape index (κ2) is 5.39. The Morgan fingerprint density at radius 3 is 2.53 bits per heavy atom. The van der Waals surface area contributed by atoms with E-state index in [-0.39, 0.29) is 0 Å². The molecule has 0 radical (unpaired) electrons. The van der Waals surface area contributed by atoms with Crippen molar-refractivity contribution in [3.05, 3.63) is 42.0 Å². The normalized spacial score (nSPS) is 27.8. The summed E-state index contributed by atoms with van der Waals surface area (Å²) >= 11 is 6.48. The molecule has 3 atom stereocenters. The molecule has 4 heteroatoms. The predicted octanol–water partition coefficient (Wildman–Crippen LogP) is 3.53. The lowest BCUT2D eigenvalue weighted by Gasteiger charge is -2.39. The maximum Gasteiger partial charge on any atom is 0.153 e. The van der Waals surface area contributed by atoms with E-state index in [1.807, 2.05) is 37.3 Å². The van der Waals surface area contributed by atoms with Gasteiger partial charge in [-0.05, 0) is 45.2 Å². The first kappa shape index (κ1) is 14.8. The maximum atomic E-state index is 12.7. The highest BCUT2D eigenvalue weighted by atomic mass is 35.5. The van der Waals surface area contributed by atoms with Gasteiger partial charge in [-0.15, -0.1) is 11.6 Å². The van der Waals surface area contributed by atoms with Crippen molar-refractivity contribution in [1.29, 1.82) is 0 Å². The van der Waals surface area contributed by atoms with E-state index in [1.165, 1.54) is 0 Å². The van der Waals surface area contributed by atoms with Crippen molar-refractivity contribution in [2.75, 3.05) is 0 Å². The molecule has 1 aliphatic rings. The van der Waals surface area contributed by atoms with Gasteiger partial charge in [-0.25, -0.2) is 0 Å². The second-order valence-electron chi connectivity index (χ2n) is 5.22. The Morgan fingerprint density at radius 1 is 1.37 bits per heavy atom. The highest BCUT2D eigenvalue weighted by Gasteiger charge is 2.49. The molecule has 0 saturated heterocycles. The fourth-order valence-corrected chi connectivity index (χ4v) is 4.01. The summed E-state index contributed by atoms with van der Waals surface area (Å²) in [6, 6.07) is 7.42. The molecule has 1 N–H and O–H groups in total. The molecular formula is C15H19ClO2S. The van der Waals surface area contributed by atoms with Gasteiger partial charge < -0.3 is 5.11 Å². The summed E-state index contributed by atoms with van der Waals surface area (Å²) in [5.41, 5.74) is -0.115. The van der Waals surface area contributed by atoms with Crippen LogP contribution < -0.4 is 0 Å². The average molecular weight is 299 g/mol. The number of hydrogen-bond acceptors (Lipinski definition) is 2. The molecule has 2 rings (SSSR count). The van der Waals surface area contributed by atoms with Gasteiger partial charge >= 0.3 is 0 Å². The summed E-state index contributed by atoms with van der Waals surface area (Å²) in [6.45, 7) is 3.63. The lowest BCUT2D eigenvalue weighted by Crippen LogP contribution is -2.50. The predicted molar refractivity (Wildman–Crippen MR) is 79.8 cm³/mol. The Morgan fingerprint density at radius 2 is 2.00 bits per heavy atom. The van der Waals surface area contributed by atoms with Gasteiger partial charge in [-0.2, -0.15) is 0 Å². The van der Waals surface area contributed by atoms with Crippen molar-refractivity contribution in [1.82, 2.24) is 0 Å². The third kappa shape index (κ3) is 2.78. The monoisotopic (exact) mass is 298 g/mol. The van der Waals surface area contributed by atoms with Gasteiger partial charge in [0.1, 0.15) is 5.60 Å². The van der Waals surface area contributed by atoms with Crippen LogP contribution in [0, 0.1) is 6.92 Å². The minimum atomic E-state index is -1.47. The van der Waals surface area contributed by atoms with Crippen LogP contribution in [-0.4, -0.2) is 19.1 Å². The number of alkyl halides is 1. The topological polar surface area (TPSA) is 37.3 Å². The van der Waals surface area contributed by atoms with Crippen molar-refractivity contribution >= 4 is 22.4 Å². The molecule has 0 heterocycles. The van der Waals surface area contributed by atoms with Gasteiger partial charge in [0.2, 0.25) is 0 Å². The zero-order valence-electron chi connectivity index (χ0n) is 11.2. The molecule has 1 aliphatic carbocycles. The molecule has 104 valence electrons. The van der Waals surface area contributed by atoms with E-state index < -0.39 is 20.6 Å². The van der Waals surface area contributed by atoms with E-state index >= 15 is 0 Å². The van der Waals surface area contributed by atoms with Gasteiger partial charge in [-0.3, -0.25) is 4.21 Å². The van der Waals surface area contributed by atoms with Crippen LogP contribution in [0.25, 0.3) is 0 Å². The van der Waals surface area contributed by atoms with Crippen molar-refractivity contribution in [2.24, 2.45) is 0 Å². The van der Waals surface area contributed by atoms with E-state index in [0.29, 0.717) is 11.3 Å². The molecule has 0 bridgehead atoms. The summed E-state index contributed by atoms with van der Waals surface area (Å²) in [5.74, 6) is 0. The molecular weight excluding hydrogens is 280 g/mol. The van der Waals surface area contributed by atoms with Crippen molar-refractivity contribution < 1.29 is 9.32 Å². The van der Waals surface area contributed by atoms with E-state index in [4.69, 9.17) is 11.6 Å². The fraction of sp³-hybridized carbons (Fsp3) is 0.467. The van der Waals surface area contributed by atoms with E-state index in [1.54, 1.807) is 13.0 Å². The summed E-state index contributed by atoms with van der Waals surface area (Å²) in [5, 5.41) is 10.7. The van der Waals surface area contributed by atoms with Crippen LogP contribution in [0.5, 0.6) is 0 Å².